The van der Waals surface area contributed by atoms with E-state index in [1.165, 1.54) is 24.2 Å². The van der Waals surface area contributed by atoms with Gasteiger partial charge in [-0.25, -0.2) is 4.79 Å². The van der Waals surface area contributed by atoms with Gasteiger partial charge in [-0.05, 0) is 49.6 Å². The van der Waals surface area contributed by atoms with E-state index in [2.05, 4.69) is 9.88 Å². The molecule has 1 saturated carbocycles. The van der Waals surface area contributed by atoms with Crippen LogP contribution in [0.5, 0.6) is 5.75 Å². The molecule has 13 heteroatoms. The molecule has 0 N–H and O–H groups in total. The van der Waals surface area contributed by atoms with Crippen LogP contribution in [-0.2, 0) is 17.8 Å². The molecule has 5 heterocycles. The molecule has 2 saturated heterocycles. The number of pyridine rings is 1. The van der Waals surface area contributed by atoms with Crippen LogP contribution in [0.25, 0.3) is 21.3 Å². The summed E-state index contributed by atoms with van der Waals surface area (Å²) in [5, 5.41) is 0.559. The van der Waals surface area contributed by atoms with Crippen molar-refractivity contribution in [3.63, 3.8) is 0 Å². The molecule has 1 aromatic carbocycles. The summed E-state index contributed by atoms with van der Waals surface area (Å²) >= 11 is 7.86. The van der Waals surface area contributed by atoms with Gasteiger partial charge in [-0.3, -0.25) is 23.8 Å². The van der Waals surface area contributed by atoms with Crippen LogP contribution in [0.15, 0.2) is 52.3 Å². The normalized spacial score (nSPS) is 23.7. The van der Waals surface area contributed by atoms with Crippen LogP contribution in [0.4, 0.5) is 13.2 Å². The highest BCUT2D eigenvalue weighted by Crippen LogP contribution is 2.44. The van der Waals surface area contributed by atoms with E-state index in [0.717, 1.165) is 70.0 Å². The zero-order valence-electron chi connectivity index (χ0n) is 23.8. The van der Waals surface area contributed by atoms with E-state index in [9.17, 15) is 22.8 Å². The first-order valence-corrected chi connectivity index (χ1v) is 15.8. The van der Waals surface area contributed by atoms with Crippen LogP contribution in [-0.4, -0.2) is 62.6 Å². The van der Waals surface area contributed by atoms with Crippen molar-refractivity contribution >= 4 is 33.2 Å². The number of aryl methyl sites for hydroxylation is 1. The van der Waals surface area contributed by atoms with Gasteiger partial charge in [0, 0.05) is 70.5 Å². The predicted molar refractivity (Wildman–Crippen MR) is 162 cm³/mol. The van der Waals surface area contributed by atoms with Crippen LogP contribution in [0, 0.1) is 6.92 Å². The minimum Gasteiger partial charge on any atom is -0.489 e. The molecule has 2 aliphatic heterocycles. The second-order valence-electron chi connectivity index (χ2n) is 11.9. The van der Waals surface area contributed by atoms with Gasteiger partial charge < -0.3 is 9.47 Å². The standard InChI is InChI=1S/C31H30ClF3N4O4S/c1-17-8-18(32)9-25(28(17)43-22-10-21(11-22)39-19-2-3-20(39)15-42-14-19)24-4-6-36-26-12-23(44-29(24)26)13-38-27(40)5-7-37(30(38)41)16-31(33,34)35/h4-9,12,19-22H,2-3,10-11,13-16H2,1H3/t19-,20+,21?,22?. The number of thiophene rings is 1. The molecule has 8 nitrogen and oxygen atoms in total. The summed E-state index contributed by atoms with van der Waals surface area (Å²) in [6.45, 7) is 1.93. The van der Waals surface area contributed by atoms with Crippen LogP contribution >= 0.6 is 22.9 Å². The molecule has 1 aliphatic carbocycles. The first-order chi connectivity index (χ1) is 21.0. The van der Waals surface area contributed by atoms with E-state index < -0.39 is 24.0 Å². The molecule has 3 fully saturated rings. The maximum absolute atomic E-state index is 13.0. The fourth-order valence-corrected chi connectivity index (χ4v) is 8.24. The zero-order valence-corrected chi connectivity index (χ0v) is 25.4. The molecule has 0 unspecified atom stereocenters. The smallest absolute Gasteiger partial charge is 0.406 e. The number of fused-ring (bicyclic) bond motifs is 3. The van der Waals surface area contributed by atoms with Crippen molar-refractivity contribution in [2.45, 2.75) is 76.1 Å². The summed E-state index contributed by atoms with van der Waals surface area (Å²) in [7, 11) is 0. The van der Waals surface area contributed by atoms with E-state index in [1.54, 1.807) is 12.3 Å². The maximum Gasteiger partial charge on any atom is 0.406 e. The lowest BCUT2D eigenvalue weighted by molar-refractivity contribution is -0.141. The number of nitrogens with zero attached hydrogens (tertiary/aromatic N) is 4. The molecule has 232 valence electrons. The Bertz CT molecular complexity index is 1830. The fourth-order valence-electron chi connectivity index (χ4n) is 6.84. The Balaban J connectivity index is 1.17. The summed E-state index contributed by atoms with van der Waals surface area (Å²) in [5.41, 5.74) is 1.50. The van der Waals surface area contributed by atoms with Gasteiger partial charge in [-0.2, -0.15) is 13.2 Å². The average molecular weight is 647 g/mol. The first kappa shape index (κ1) is 29.5. The third-order valence-corrected chi connectivity index (χ3v) is 10.2. The van der Waals surface area contributed by atoms with E-state index >= 15 is 0 Å². The monoisotopic (exact) mass is 646 g/mol. The van der Waals surface area contributed by atoms with Crippen LogP contribution < -0.4 is 16.0 Å². The molecule has 4 aromatic rings. The summed E-state index contributed by atoms with van der Waals surface area (Å²) in [6, 6.07) is 9.85. The Labute approximate surface area is 259 Å². The lowest BCUT2D eigenvalue weighted by Crippen LogP contribution is -2.57. The number of morpholine rings is 1. The SMILES string of the molecule is Cc1cc(Cl)cc(-c2ccnc3cc(Cn4c(=O)ccn(CC(F)(F)F)c4=O)sc23)c1OC1CC(N2[C@@H]3CC[C@H]2COC3)C1. The summed E-state index contributed by atoms with van der Waals surface area (Å²) in [6.07, 6.45) is 2.29. The Morgan fingerprint density at radius 3 is 2.55 bits per heavy atom. The van der Waals surface area contributed by atoms with E-state index in [1.807, 2.05) is 25.1 Å². The number of alkyl halides is 3. The van der Waals surface area contributed by atoms with Crippen molar-refractivity contribution < 1.29 is 22.6 Å². The molecule has 3 aliphatic rings. The number of benzene rings is 1. The molecular formula is C31H30ClF3N4O4S. The van der Waals surface area contributed by atoms with Gasteiger partial charge in [0.2, 0.25) is 0 Å². The number of hydrogen-bond acceptors (Lipinski definition) is 7. The van der Waals surface area contributed by atoms with Gasteiger partial charge in [0.15, 0.2) is 0 Å². The minimum absolute atomic E-state index is 0.0703. The van der Waals surface area contributed by atoms with Crippen molar-refractivity contribution in [2.24, 2.45) is 0 Å². The molecule has 0 spiro atoms. The van der Waals surface area contributed by atoms with E-state index in [0.29, 0.717) is 38.1 Å². The van der Waals surface area contributed by atoms with Gasteiger partial charge >= 0.3 is 11.9 Å². The van der Waals surface area contributed by atoms with Crippen LogP contribution in [0.3, 0.4) is 0 Å². The highest BCUT2D eigenvalue weighted by Gasteiger charge is 2.46. The number of rotatable bonds is 7. The van der Waals surface area contributed by atoms with E-state index in [4.69, 9.17) is 21.1 Å². The molecule has 2 bridgehead atoms. The summed E-state index contributed by atoms with van der Waals surface area (Å²) in [4.78, 5) is 33.0. The quantitative estimate of drug-likeness (QED) is 0.259. The third-order valence-electron chi connectivity index (χ3n) is 8.87. The molecule has 2 atom stereocenters. The van der Waals surface area contributed by atoms with Gasteiger partial charge in [0.1, 0.15) is 18.4 Å². The largest absolute Gasteiger partial charge is 0.489 e. The zero-order chi connectivity index (χ0) is 30.7. The van der Waals surface area contributed by atoms with Crippen molar-refractivity contribution in [3.05, 3.63) is 79.0 Å². The Hall–Kier alpha value is -3.19. The summed E-state index contributed by atoms with van der Waals surface area (Å²) < 4.78 is 53.4. The second-order valence-corrected chi connectivity index (χ2v) is 13.5. The summed E-state index contributed by atoms with van der Waals surface area (Å²) in [5.74, 6) is 0.750. The molecule has 0 radical (unpaired) electrons. The van der Waals surface area contributed by atoms with Crippen molar-refractivity contribution in [1.29, 1.82) is 0 Å². The second kappa shape index (κ2) is 11.3. The van der Waals surface area contributed by atoms with Crippen LogP contribution in [0.1, 0.15) is 36.1 Å². The lowest BCUT2D eigenvalue weighted by Gasteiger charge is -2.48. The van der Waals surface area contributed by atoms with Crippen molar-refractivity contribution in [1.82, 2.24) is 19.0 Å². The van der Waals surface area contributed by atoms with Gasteiger partial charge in [-0.15, -0.1) is 11.3 Å². The molecule has 0 amide bonds. The number of halogens is 4. The Morgan fingerprint density at radius 2 is 1.82 bits per heavy atom. The predicted octanol–water partition coefficient (Wildman–Crippen LogP) is 5.63. The first-order valence-electron chi connectivity index (χ1n) is 14.6. The van der Waals surface area contributed by atoms with E-state index in [-0.39, 0.29) is 12.6 Å². The molecular weight excluding hydrogens is 617 g/mol. The lowest BCUT2D eigenvalue weighted by atomic mass is 9.86. The molecule has 3 aromatic heterocycles. The third kappa shape index (κ3) is 5.57. The fraction of sp³-hybridized carbons (Fsp3) is 0.452. The highest BCUT2D eigenvalue weighted by atomic mass is 35.5. The number of hydrogen-bond donors (Lipinski definition) is 0. The molecule has 7 rings (SSSR count). The minimum atomic E-state index is -4.60. The van der Waals surface area contributed by atoms with Crippen LogP contribution in [0.2, 0.25) is 5.02 Å². The number of ether oxygens (including phenoxy) is 2. The highest BCUT2D eigenvalue weighted by molar-refractivity contribution is 7.19. The maximum atomic E-state index is 13.0. The topological polar surface area (TPSA) is 78.6 Å². The van der Waals surface area contributed by atoms with Gasteiger partial charge in [0.05, 0.1) is 30.0 Å². The Morgan fingerprint density at radius 1 is 1.07 bits per heavy atom. The number of aromatic nitrogens is 3. The average Bonchev–Trinajstić information content (AvgIpc) is 3.45. The van der Waals surface area contributed by atoms with Gasteiger partial charge in [0.25, 0.3) is 5.56 Å². The Kier molecular flexibility index (Phi) is 7.59. The molecule has 44 heavy (non-hydrogen) atoms. The van der Waals surface area contributed by atoms with Crippen molar-refractivity contribution in [2.75, 3.05) is 13.2 Å². The van der Waals surface area contributed by atoms with Gasteiger partial charge in [-0.1, -0.05) is 11.6 Å². The van der Waals surface area contributed by atoms with Crippen molar-refractivity contribution in [3.8, 4) is 16.9 Å².